The van der Waals surface area contributed by atoms with Crippen molar-refractivity contribution in [2.24, 2.45) is 0 Å². The summed E-state index contributed by atoms with van der Waals surface area (Å²) in [7, 11) is -3.55. The average Bonchev–Trinajstić information content (AvgIpc) is 2.67. The molecule has 0 aromatic heterocycles. The molecule has 156 valence electrons. The molecule has 0 fully saturated rings. The molecule has 0 saturated heterocycles. The highest BCUT2D eigenvalue weighted by molar-refractivity contribution is 7.92. The van der Waals surface area contributed by atoms with Gasteiger partial charge in [-0.05, 0) is 30.7 Å². The molecule has 10 heteroatoms. The van der Waals surface area contributed by atoms with Crippen LogP contribution >= 0.6 is 23.2 Å². The molecule has 0 saturated carbocycles. The Hall–Kier alpha value is -2.16. The number of nitrogens with zero attached hydrogens (tertiary/aromatic N) is 1. The largest absolute Gasteiger partial charge is 0.486 e. The van der Waals surface area contributed by atoms with E-state index >= 15 is 0 Å². The fourth-order valence-corrected chi connectivity index (χ4v) is 4.17. The van der Waals surface area contributed by atoms with Crippen LogP contribution in [0.2, 0.25) is 10.0 Å². The molecule has 0 atom stereocenters. The number of carbonyl (C=O) groups is 1. The van der Waals surface area contributed by atoms with Gasteiger partial charge in [0.1, 0.15) is 13.2 Å². The molecule has 0 aliphatic carbocycles. The van der Waals surface area contributed by atoms with Gasteiger partial charge in [-0.25, -0.2) is 8.42 Å². The number of carbonyl (C=O) groups excluding carboxylic acids is 1. The van der Waals surface area contributed by atoms with Crippen LogP contribution in [0, 0.1) is 0 Å². The Balaban J connectivity index is 1.64. The molecule has 0 spiro atoms. The van der Waals surface area contributed by atoms with Crippen molar-refractivity contribution < 1.29 is 22.7 Å². The summed E-state index contributed by atoms with van der Waals surface area (Å²) in [5.41, 5.74) is 0.867. The molecule has 0 bridgehead atoms. The smallest absolute Gasteiger partial charge is 0.232 e. The van der Waals surface area contributed by atoms with Gasteiger partial charge in [0, 0.05) is 19.0 Å². The number of nitrogens with one attached hydrogen (secondary N) is 1. The molecule has 7 nitrogen and oxygen atoms in total. The molecular weight excluding hydrogens is 439 g/mol. The summed E-state index contributed by atoms with van der Waals surface area (Å²) in [5.74, 6) is 0.784. The summed E-state index contributed by atoms with van der Waals surface area (Å²) < 4.78 is 36.8. The van der Waals surface area contributed by atoms with Gasteiger partial charge in [-0.2, -0.15) is 0 Å². The second-order valence-electron chi connectivity index (χ2n) is 6.42. The fourth-order valence-electron chi connectivity index (χ4n) is 2.87. The zero-order valence-electron chi connectivity index (χ0n) is 15.7. The Kier molecular flexibility index (Phi) is 6.77. The monoisotopic (exact) mass is 458 g/mol. The Morgan fingerprint density at radius 1 is 1.14 bits per heavy atom. The number of anilines is 2. The molecule has 1 N–H and O–H groups in total. The van der Waals surface area contributed by atoms with E-state index in [9.17, 15) is 13.2 Å². The van der Waals surface area contributed by atoms with E-state index in [0.717, 1.165) is 6.26 Å². The van der Waals surface area contributed by atoms with Crippen LogP contribution in [-0.4, -0.2) is 40.3 Å². The predicted octanol–water partition coefficient (Wildman–Crippen LogP) is 3.95. The van der Waals surface area contributed by atoms with Crippen molar-refractivity contribution >= 4 is 50.5 Å². The number of benzene rings is 2. The lowest BCUT2D eigenvalue weighted by atomic mass is 10.2. The zero-order valence-corrected chi connectivity index (χ0v) is 18.0. The highest BCUT2D eigenvalue weighted by Crippen LogP contribution is 2.35. The molecule has 3 rings (SSSR count). The Bertz CT molecular complexity index is 1010. The molecule has 1 aliphatic heterocycles. The number of amides is 1. The van der Waals surface area contributed by atoms with Crippen molar-refractivity contribution in [2.45, 2.75) is 12.8 Å². The topological polar surface area (TPSA) is 84.9 Å². The summed E-state index contributed by atoms with van der Waals surface area (Å²) >= 11 is 12.0. The van der Waals surface area contributed by atoms with Crippen molar-refractivity contribution in [2.75, 3.05) is 35.6 Å². The molecule has 2 aromatic carbocycles. The number of hydrogen-bond acceptors (Lipinski definition) is 5. The normalized spacial score (nSPS) is 13.1. The lowest BCUT2D eigenvalue weighted by Crippen LogP contribution is -2.31. The van der Waals surface area contributed by atoms with Gasteiger partial charge >= 0.3 is 0 Å². The Labute approximate surface area is 179 Å². The minimum atomic E-state index is -3.55. The zero-order chi connectivity index (χ0) is 21.0. The second-order valence-corrected chi connectivity index (χ2v) is 9.11. The molecule has 0 radical (unpaired) electrons. The lowest BCUT2D eigenvalue weighted by molar-refractivity contribution is -0.116. The van der Waals surface area contributed by atoms with Gasteiger partial charge in [0.2, 0.25) is 15.9 Å². The highest BCUT2D eigenvalue weighted by Gasteiger charge is 2.21. The fraction of sp³-hybridized carbons (Fsp3) is 0.316. The Morgan fingerprint density at radius 2 is 1.86 bits per heavy atom. The minimum Gasteiger partial charge on any atom is -0.486 e. The molecule has 29 heavy (non-hydrogen) atoms. The van der Waals surface area contributed by atoms with Crippen LogP contribution in [0.4, 0.5) is 11.4 Å². The van der Waals surface area contributed by atoms with Crippen molar-refractivity contribution in [1.82, 2.24) is 0 Å². The van der Waals surface area contributed by atoms with Crippen molar-refractivity contribution in [1.29, 1.82) is 0 Å². The molecule has 2 aromatic rings. The molecule has 1 amide bonds. The molecular formula is C19H20Cl2N2O5S. The van der Waals surface area contributed by atoms with E-state index in [1.807, 2.05) is 0 Å². The summed E-state index contributed by atoms with van der Waals surface area (Å²) in [4.78, 5) is 12.2. The number of halogens is 2. The number of ether oxygens (including phenoxy) is 2. The van der Waals surface area contributed by atoms with Crippen molar-refractivity contribution in [3.8, 4) is 11.5 Å². The van der Waals surface area contributed by atoms with Crippen LogP contribution < -0.4 is 19.1 Å². The minimum absolute atomic E-state index is 0.111. The number of hydrogen-bond donors (Lipinski definition) is 1. The maximum atomic E-state index is 12.3. The van der Waals surface area contributed by atoms with Crippen LogP contribution in [0.3, 0.4) is 0 Å². The standard InChI is InChI=1S/C19H20Cl2N2O5S/c1-29(25,26)23(13-7-8-16-17(12-13)28-11-10-27-16)9-3-6-18(24)22-15-5-2-4-14(20)19(15)21/h2,4-5,7-8,12H,3,6,9-11H2,1H3,(H,22,24). The van der Waals surface area contributed by atoms with E-state index in [4.69, 9.17) is 32.7 Å². The van der Waals surface area contributed by atoms with Gasteiger partial charge in [0.25, 0.3) is 0 Å². The third-order valence-corrected chi connectivity index (χ3v) is 6.22. The van der Waals surface area contributed by atoms with E-state index in [2.05, 4.69) is 5.32 Å². The maximum Gasteiger partial charge on any atom is 0.232 e. The summed E-state index contributed by atoms with van der Waals surface area (Å²) in [6, 6.07) is 9.90. The van der Waals surface area contributed by atoms with Crippen molar-refractivity contribution in [3.05, 3.63) is 46.4 Å². The van der Waals surface area contributed by atoms with Crippen LogP contribution in [0.5, 0.6) is 11.5 Å². The SMILES string of the molecule is CS(=O)(=O)N(CCCC(=O)Nc1cccc(Cl)c1Cl)c1ccc2c(c1)OCCO2. The van der Waals surface area contributed by atoms with E-state index < -0.39 is 10.0 Å². The van der Waals surface area contributed by atoms with Gasteiger partial charge < -0.3 is 14.8 Å². The molecule has 0 unspecified atom stereocenters. The van der Waals surface area contributed by atoms with Gasteiger partial charge in [-0.1, -0.05) is 29.3 Å². The average molecular weight is 459 g/mol. The second kappa shape index (κ2) is 9.11. The third-order valence-electron chi connectivity index (χ3n) is 4.20. The van der Waals surface area contributed by atoms with E-state index in [0.29, 0.717) is 47.5 Å². The molecule has 1 aliphatic rings. The molecule has 1 heterocycles. The maximum absolute atomic E-state index is 12.3. The predicted molar refractivity (Wildman–Crippen MR) is 114 cm³/mol. The summed E-state index contributed by atoms with van der Waals surface area (Å²) in [5, 5.41) is 3.28. The van der Waals surface area contributed by atoms with Crippen LogP contribution in [0.15, 0.2) is 36.4 Å². The van der Waals surface area contributed by atoms with Gasteiger partial charge in [0.15, 0.2) is 11.5 Å². The van der Waals surface area contributed by atoms with Gasteiger partial charge in [-0.3, -0.25) is 9.10 Å². The quantitative estimate of drug-likeness (QED) is 0.678. The van der Waals surface area contributed by atoms with Gasteiger partial charge in [0.05, 0.1) is 27.7 Å². The van der Waals surface area contributed by atoms with Crippen molar-refractivity contribution in [3.63, 3.8) is 0 Å². The first-order valence-corrected chi connectivity index (χ1v) is 11.5. The number of sulfonamides is 1. The Morgan fingerprint density at radius 3 is 2.59 bits per heavy atom. The highest BCUT2D eigenvalue weighted by atomic mass is 35.5. The van der Waals surface area contributed by atoms with Crippen LogP contribution in [0.25, 0.3) is 0 Å². The lowest BCUT2D eigenvalue weighted by Gasteiger charge is -2.25. The van der Waals surface area contributed by atoms with E-state index in [1.165, 1.54) is 4.31 Å². The van der Waals surface area contributed by atoms with Crippen LogP contribution in [-0.2, 0) is 14.8 Å². The van der Waals surface area contributed by atoms with Gasteiger partial charge in [-0.15, -0.1) is 0 Å². The summed E-state index contributed by atoms with van der Waals surface area (Å²) in [6.07, 6.45) is 1.54. The van der Waals surface area contributed by atoms with Crippen LogP contribution in [0.1, 0.15) is 12.8 Å². The van der Waals surface area contributed by atoms with E-state index in [-0.39, 0.29) is 23.9 Å². The summed E-state index contributed by atoms with van der Waals surface area (Å²) in [6.45, 7) is 0.991. The first-order chi connectivity index (χ1) is 13.8. The van der Waals surface area contributed by atoms with E-state index in [1.54, 1.807) is 36.4 Å². The number of rotatable bonds is 7. The first-order valence-electron chi connectivity index (χ1n) is 8.87. The number of fused-ring (bicyclic) bond motifs is 1. The third kappa shape index (κ3) is 5.46. The first kappa shape index (κ1) is 21.5.